The molecule has 0 saturated carbocycles. The molecular weight excluding hydrogens is 358 g/mol. The number of carbonyl (C=O) groups is 2. The molecule has 0 saturated heterocycles. The van der Waals surface area contributed by atoms with Gasteiger partial charge in [-0.15, -0.1) is 0 Å². The van der Waals surface area contributed by atoms with E-state index in [0.29, 0.717) is 11.6 Å². The van der Waals surface area contributed by atoms with E-state index in [9.17, 15) is 18.4 Å². The Morgan fingerprint density at radius 2 is 1.81 bits per heavy atom. The first-order valence-electron chi connectivity index (χ1n) is 7.82. The average molecular weight is 372 g/mol. The summed E-state index contributed by atoms with van der Waals surface area (Å²) in [4.78, 5) is 28.1. The number of hydrogen-bond donors (Lipinski definition) is 1. The van der Waals surface area contributed by atoms with Gasteiger partial charge in [0.2, 0.25) is 5.89 Å². The lowest BCUT2D eigenvalue weighted by Gasteiger charge is -2.08. The molecule has 1 aromatic heterocycles. The topological polar surface area (TPSA) is 81.4 Å². The number of anilines is 1. The van der Waals surface area contributed by atoms with Gasteiger partial charge in [-0.05, 0) is 25.1 Å². The first kappa shape index (κ1) is 18.2. The van der Waals surface area contributed by atoms with Gasteiger partial charge < -0.3 is 14.5 Å². The molecule has 6 nitrogen and oxygen atoms in total. The van der Waals surface area contributed by atoms with E-state index in [1.807, 2.05) is 6.07 Å². The minimum atomic E-state index is -1.10. The van der Waals surface area contributed by atoms with Crippen molar-refractivity contribution in [3.8, 4) is 11.5 Å². The van der Waals surface area contributed by atoms with E-state index in [4.69, 9.17) is 4.42 Å². The number of esters is 1. The van der Waals surface area contributed by atoms with Crippen molar-refractivity contribution in [2.24, 2.45) is 0 Å². The Balaban J connectivity index is 1.90. The predicted molar refractivity (Wildman–Crippen MR) is 92.3 cm³/mol. The van der Waals surface area contributed by atoms with E-state index in [1.165, 1.54) is 6.92 Å². The molecule has 8 heteroatoms. The summed E-state index contributed by atoms with van der Waals surface area (Å²) in [6.07, 6.45) is 0. The molecule has 0 bridgehead atoms. The molecule has 0 fully saturated rings. The molecule has 1 amide bonds. The molecule has 3 aromatic rings. The second-order valence-corrected chi connectivity index (χ2v) is 5.55. The maximum Gasteiger partial charge on any atom is 0.340 e. The van der Waals surface area contributed by atoms with Crippen LogP contribution in [-0.4, -0.2) is 24.0 Å². The Kier molecular flexibility index (Phi) is 4.98. The number of aromatic nitrogens is 1. The second kappa shape index (κ2) is 7.36. The van der Waals surface area contributed by atoms with Crippen LogP contribution in [0.1, 0.15) is 26.6 Å². The van der Waals surface area contributed by atoms with Crippen LogP contribution in [0.3, 0.4) is 0 Å². The molecule has 0 atom stereocenters. The van der Waals surface area contributed by atoms with Crippen molar-refractivity contribution in [2.75, 3.05) is 12.4 Å². The second-order valence-electron chi connectivity index (χ2n) is 5.55. The Labute approximate surface area is 152 Å². The lowest BCUT2D eigenvalue weighted by Crippen LogP contribution is -2.16. The highest BCUT2D eigenvalue weighted by molar-refractivity contribution is 6.04. The highest BCUT2D eigenvalue weighted by atomic mass is 19.1. The normalized spacial score (nSPS) is 10.5. The maximum absolute atomic E-state index is 14.0. The molecule has 0 spiro atoms. The zero-order chi connectivity index (χ0) is 19.6. The third-order valence-electron chi connectivity index (χ3n) is 3.74. The highest BCUT2D eigenvalue weighted by Crippen LogP contribution is 2.24. The number of nitrogens with zero attached hydrogens (tertiary/aromatic N) is 1. The van der Waals surface area contributed by atoms with Crippen molar-refractivity contribution in [3.63, 3.8) is 0 Å². The Morgan fingerprint density at radius 1 is 1.11 bits per heavy atom. The largest absolute Gasteiger partial charge is 0.465 e. The number of benzene rings is 2. The number of carbonyl (C=O) groups excluding carboxylic acids is 2. The summed E-state index contributed by atoms with van der Waals surface area (Å²) in [6, 6.07) is 10.3. The molecule has 1 heterocycles. The Bertz CT molecular complexity index is 1020. The number of nitrogens with one attached hydrogen (secondary N) is 1. The lowest BCUT2D eigenvalue weighted by atomic mass is 10.1. The first-order chi connectivity index (χ1) is 12.9. The van der Waals surface area contributed by atoms with Gasteiger partial charge in [0.05, 0.1) is 18.4 Å². The summed E-state index contributed by atoms with van der Waals surface area (Å²) in [7, 11) is 1.06. The van der Waals surface area contributed by atoms with E-state index < -0.39 is 29.1 Å². The SMILES string of the molecule is COC(=O)c1cc(NC(=O)c2nc(-c3ccccc3)oc2C)c(F)cc1F. The fraction of sp³-hybridized carbons (Fsp3) is 0.105. The Morgan fingerprint density at radius 3 is 2.48 bits per heavy atom. The maximum atomic E-state index is 14.0. The number of oxazole rings is 1. The molecule has 138 valence electrons. The summed E-state index contributed by atoms with van der Waals surface area (Å²) in [5.41, 5.74) is -0.278. The van der Waals surface area contributed by atoms with Gasteiger partial charge in [-0.2, -0.15) is 0 Å². The number of rotatable bonds is 4. The van der Waals surface area contributed by atoms with Crippen LogP contribution < -0.4 is 5.32 Å². The zero-order valence-electron chi connectivity index (χ0n) is 14.4. The number of amides is 1. The summed E-state index contributed by atoms with van der Waals surface area (Å²) in [5, 5.41) is 2.27. The van der Waals surface area contributed by atoms with Crippen molar-refractivity contribution in [1.29, 1.82) is 0 Å². The number of halogens is 2. The molecule has 0 unspecified atom stereocenters. The third kappa shape index (κ3) is 3.69. The van der Waals surface area contributed by atoms with E-state index in [-0.39, 0.29) is 23.0 Å². The summed E-state index contributed by atoms with van der Waals surface area (Å²) >= 11 is 0. The smallest absolute Gasteiger partial charge is 0.340 e. The van der Waals surface area contributed by atoms with Gasteiger partial charge in [0, 0.05) is 11.6 Å². The van der Waals surface area contributed by atoms with Crippen molar-refractivity contribution in [3.05, 3.63) is 71.1 Å². The monoisotopic (exact) mass is 372 g/mol. The van der Waals surface area contributed by atoms with E-state index in [1.54, 1.807) is 24.3 Å². The van der Waals surface area contributed by atoms with Gasteiger partial charge in [0.15, 0.2) is 5.69 Å². The van der Waals surface area contributed by atoms with Crippen LogP contribution in [-0.2, 0) is 4.74 Å². The van der Waals surface area contributed by atoms with Crippen LogP contribution in [0.25, 0.3) is 11.5 Å². The fourth-order valence-corrected chi connectivity index (χ4v) is 2.40. The van der Waals surface area contributed by atoms with Gasteiger partial charge in [-0.3, -0.25) is 4.79 Å². The van der Waals surface area contributed by atoms with Crippen molar-refractivity contribution in [2.45, 2.75) is 6.92 Å². The number of methoxy groups -OCH3 is 1. The van der Waals surface area contributed by atoms with Crippen molar-refractivity contribution in [1.82, 2.24) is 4.98 Å². The lowest BCUT2D eigenvalue weighted by molar-refractivity contribution is 0.0595. The van der Waals surface area contributed by atoms with Crippen LogP contribution in [0.5, 0.6) is 0 Å². The molecule has 0 aliphatic heterocycles. The predicted octanol–water partition coefficient (Wildman–Crippen LogP) is 3.97. The van der Waals surface area contributed by atoms with Crippen molar-refractivity contribution < 1.29 is 27.5 Å². The standard InChI is InChI=1S/C19H14F2N2O4/c1-10-16(23-18(27-10)11-6-4-3-5-7-11)17(24)22-15-8-12(19(25)26-2)13(20)9-14(15)21/h3-9H,1-2H3,(H,22,24). The van der Waals surface area contributed by atoms with Crippen molar-refractivity contribution >= 4 is 17.6 Å². The number of aryl methyl sites for hydroxylation is 1. The van der Waals surface area contributed by atoms with Gasteiger partial charge >= 0.3 is 5.97 Å². The third-order valence-corrected chi connectivity index (χ3v) is 3.74. The van der Waals surface area contributed by atoms with Crippen LogP contribution in [0.15, 0.2) is 46.9 Å². The van der Waals surface area contributed by atoms with Gasteiger partial charge in [0.1, 0.15) is 17.4 Å². The minimum Gasteiger partial charge on any atom is -0.465 e. The van der Waals surface area contributed by atoms with E-state index in [0.717, 1.165) is 13.2 Å². The molecule has 1 N–H and O–H groups in total. The molecule has 0 aliphatic rings. The van der Waals surface area contributed by atoms with Gasteiger partial charge in [-0.25, -0.2) is 18.6 Å². The average Bonchev–Trinajstić information content (AvgIpc) is 3.06. The molecule has 0 aliphatic carbocycles. The quantitative estimate of drug-likeness (QED) is 0.701. The van der Waals surface area contributed by atoms with E-state index in [2.05, 4.69) is 15.0 Å². The molecule has 3 rings (SSSR count). The van der Waals surface area contributed by atoms with Crippen LogP contribution >= 0.6 is 0 Å². The fourth-order valence-electron chi connectivity index (χ4n) is 2.40. The summed E-state index contributed by atoms with van der Waals surface area (Å²) in [5.74, 6) is -3.44. The Hall–Kier alpha value is -3.55. The van der Waals surface area contributed by atoms with Crippen LogP contribution in [0.2, 0.25) is 0 Å². The van der Waals surface area contributed by atoms with Gasteiger partial charge in [-0.1, -0.05) is 18.2 Å². The minimum absolute atomic E-state index is 0.0582. The summed E-state index contributed by atoms with van der Waals surface area (Å²) < 4.78 is 37.6. The van der Waals surface area contributed by atoms with Crippen LogP contribution in [0, 0.1) is 18.6 Å². The number of hydrogen-bond acceptors (Lipinski definition) is 5. The summed E-state index contributed by atoms with van der Waals surface area (Å²) in [6.45, 7) is 1.54. The highest BCUT2D eigenvalue weighted by Gasteiger charge is 2.22. The molecule has 27 heavy (non-hydrogen) atoms. The zero-order valence-corrected chi connectivity index (χ0v) is 14.4. The molecular formula is C19H14F2N2O4. The van der Waals surface area contributed by atoms with Crippen LogP contribution in [0.4, 0.5) is 14.5 Å². The van der Waals surface area contributed by atoms with E-state index >= 15 is 0 Å². The van der Waals surface area contributed by atoms with Gasteiger partial charge in [0.25, 0.3) is 5.91 Å². The molecule has 0 radical (unpaired) electrons. The first-order valence-corrected chi connectivity index (χ1v) is 7.82. The number of ether oxygens (including phenoxy) is 1. The molecule has 2 aromatic carbocycles.